The Morgan fingerprint density at radius 1 is 1.11 bits per heavy atom. The fourth-order valence-corrected chi connectivity index (χ4v) is 3.71. The van der Waals surface area contributed by atoms with Gasteiger partial charge in [0.1, 0.15) is 0 Å². The summed E-state index contributed by atoms with van der Waals surface area (Å²) in [5, 5.41) is 0. The lowest BCUT2D eigenvalue weighted by molar-refractivity contribution is 0.0725. The Bertz CT molecular complexity index is 237. The molecule has 0 aliphatic heterocycles. The van der Waals surface area contributed by atoms with E-state index in [4.69, 9.17) is 5.73 Å². The Balaban J connectivity index is 1.98. The van der Waals surface area contributed by atoms with Crippen LogP contribution in [-0.4, -0.2) is 30.1 Å². The second-order valence-corrected chi connectivity index (χ2v) is 6.47. The molecule has 2 nitrogen and oxygen atoms in total. The van der Waals surface area contributed by atoms with Gasteiger partial charge in [-0.1, -0.05) is 33.1 Å². The Kier molecular flexibility index (Phi) is 5.50. The van der Waals surface area contributed by atoms with Gasteiger partial charge in [-0.25, -0.2) is 0 Å². The lowest BCUT2D eigenvalue weighted by Gasteiger charge is -2.43. The van der Waals surface area contributed by atoms with Gasteiger partial charge in [-0.2, -0.15) is 0 Å². The molecule has 0 spiro atoms. The van der Waals surface area contributed by atoms with Crippen LogP contribution in [0.25, 0.3) is 0 Å². The van der Waals surface area contributed by atoms with Crippen LogP contribution in [0.1, 0.15) is 65.2 Å². The summed E-state index contributed by atoms with van der Waals surface area (Å²) < 4.78 is 0. The predicted octanol–water partition coefficient (Wildman–Crippen LogP) is 3.40. The summed E-state index contributed by atoms with van der Waals surface area (Å²) in [7, 11) is 0. The molecule has 2 N–H and O–H groups in total. The average molecular weight is 252 g/mol. The van der Waals surface area contributed by atoms with Crippen molar-refractivity contribution in [3.05, 3.63) is 0 Å². The molecule has 0 aromatic carbocycles. The number of nitrogens with two attached hydrogens (primary N) is 1. The molecule has 2 rings (SSSR count). The molecular formula is C16H32N2. The fourth-order valence-electron chi connectivity index (χ4n) is 3.71. The highest BCUT2D eigenvalue weighted by molar-refractivity contribution is 4.94. The highest BCUT2D eigenvalue weighted by Gasteiger charge is 2.39. The Morgan fingerprint density at radius 3 is 2.44 bits per heavy atom. The molecule has 18 heavy (non-hydrogen) atoms. The van der Waals surface area contributed by atoms with E-state index in [1.165, 1.54) is 57.9 Å². The smallest absolute Gasteiger partial charge is 0.0141 e. The molecule has 3 atom stereocenters. The molecule has 0 aromatic heterocycles. The summed E-state index contributed by atoms with van der Waals surface area (Å²) in [5.41, 5.74) is 6.04. The zero-order valence-corrected chi connectivity index (χ0v) is 12.4. The van der Waals surface area contributed by atoms with E-state index in [0.717, 1.165) is 30.5 Å². The monoisotopic (exact) mass is 252 g/mol. The molecule has 0 heterocycles. The molecule has 0 saturated heterocycles. The van der Waals surface area contributed by atoms with Crippen molar-refractivity contribution < 1.29 is 0 Å². The Morgan fingerprint density at radius 2 is 1.89 bits per heavy atom. The minimum Gasteiger partial charge on any atom is -0.330 e. The van der Waals surface area contributed by atoms with Crippen molar-refractivity contribution in [2.75, 3.05) is 13.1 Å². The van der Waals surface area contributed by atoms with Crippen LogP contribution in [0.5, 0.6) is 0 Å². The van der Waals surface area contributed by atoms with Crippen molar-refractivity contribution in [2.45, 2.75) is 77.3 Å². The van der Waals surface area contributed by atoms with Gasteiger partial charge in [-0.05, 0) is 57.0 Å². The zero-order chi connectivity index (χ0) is 13.0. The number of rotatable bonds is 7. The van der Waals surface area contributed by atoms with Gasteiger partial charge >= 0.3 is 0 Å². The lowest BCUT2D eigenvalue weighted by atomic mass is 9.76. The SMILES string of the molecule is CCCCN(C1CC1)C1CC(CC)CCC1CN. The number of hydrogen-bond acceptors (Lipinski definition) is 2. The van der Waals surface area contributed by atoms with Crippen molar-refractivity contribution in [1.29, 1.82) is 0 Å². The fraction of sp³-hybridized carbons (Fsp3) is 1.00. The molecule has 2 aliphatic rings. The van der Waals surface area contributed by atoms with Gasteiger partial charge in [-0.3, -0.25) is 4.90 Å². The summed E-state index contributed by atoms with van der Waals surface area (Å²) >= 11 is 0. The molecule has 2 aliphatic carbocycles. The van der Waals surface area contributed by atoms with Gasteiger partial charge in [0.25, 0.3) is 0 Å². The summed E-state index contributed by atoms with van der Waals surface area (Å²) in [6.07, 6.45) is 11.1. The minimum atomic E-state index is 0.769. The highest BCUT2D eigenvalue weighted by Crippen LogP contribution is 2.39. The molecule has 0 radical (unpaired) electrons. The van der Waals surface area contributed by atoms with Crippen LogP contribution in [-0.2, 0) is 0 Å². The van der Waals surface area contributed by atoms with Crippen LogP contribution in [0.15, 0.2) is 0 Å². The van der Waals surface area contributed by atoms with E-state index in [9.17, 15) is 0 Å². The van der Waals surface area contributed by atoms with Crippen LogP contribution < -0.4 is 5.73 Å². The number of unbranched alkanes of at least 4 members (excludes halogenated alkanes) is 1. The quantitative estimate of drug-likeness (QED) is 0.752. The molecule has 2 heteroatoms. The van der Waals surface area contributed by atoms with Crippen molar-refractivity contribution >= 4 is 0 Å². The third kappa shape index (κ3) is 3.48. The third-order valence-corrected chi connectivity index (χ3v) is 5.16. The van der Waals surface area contributed by atoms with Crippen molar-refractivity contribution in [2.24, 2.45) is 17.6 Å². The van der Waals surface area contributed by atoms with E-state index in [0.29, 0.717) is 0 Å². The summed E-state index contributed by atoms with van der Waals surface area (Å²) in [6, 6.07) is 1.71. The van der Waals surface area contributed by atoms with Crippen LogP contribution in [0.4, 0.5) is 0 Å². The first-order chi connectivity index (χ1) is 8.80. The molecule has 2 saturated carbocycles. The van der Waals surface area contributed by atoms with Gasteiger partial charge in [0.05, 0.1) is 0 Å². The van der Waals surface area contributed by atoms with E-state index in [1.807, 2.05) is 0 Å². The second kappa shape index (κ2) is 6.91. The highest BCUT2D eigenvalue weighted by atomic mass is 15.2. The van der Waals surface area contributed by atoms with E-state index in [-0.39, 0.29) is 0 Å². The molecule has 2 fully saturated rings. The number of nitrogens with zero attached hydrogens (tertiary/aromatic N) is 1. The van der Waals surface area contributed by atoms with Gasteiger partial charge in [0.15, 0.2) is 0 Å². The largest absolute Gasteiger partial charge is 0.330 e. The van der Waals surface area contributed by atoms with E-state index < -0.39 is 0 Å². The van der Waals surface area contributed by atoms with Crippen molar-refractivity contribution in [3.8, 4) is 0 Å². The normalized spacial score (nSPS) is 33.0. The topological polar surface area (TPSA) is 29.3 Å². The second-order valence-electron chi connectivity index (χ2n) is 6.47. The first kappa shape index (κ1) is 14.3. The first-order valence-electron chi connectivity index (χ1n) is 8.25. The summed E-state index contributed by atoms with van der Waals surface area (Å²) in [5.74, 6) is 1.73. The summed E-state index contributed by atoms with van der Waals surface area (Å²) in [4.78, 5) is 2.85. The van der Waals surface area contributed by atoms with E-state index in [1.54, 1.807) is 0 Å². The molecule has 106 valence electrons. The molecular weight excluding hydrogens is 220 g/mol. The van der Waals surface area contributed by atoms with Crippen LogP contribution in [0, 0.1) is 11.8 Å². The predicted molar refractivity (Wildman–Crippen MR) is 78.6 cm³/mol. The minimum absolute atomic E-state index is 0.769. The lowest BCUT2D eigenvalue weighted by Crippen LogP contribution is -2.48. The molecule has 3 unspecified atom stereocenters. The maximum absolute atomic E-state index is 6.04. The molecule has 0 amide bonds. The van der Waals surface area contributed by atoms with Crippen LogP contribution in [0.2, 0.25) is 0 Å². The van der Waals surface area contributed by atoms with E-state index >= 15 is 0 Å². The van der Waals surface area contributed by atoms with E-state index in [2.05, 4.69) is 18.7 Å². The summed E-state index contributed by atoms with van der Waals surface area (Å²) in [6.45, 7) is 6.88. The zero-order valence-electron chi connectivity index (χ0n) is 12.4. The number of hydrogen-bond donors (Lipinski definition) is 1. The van der Waals surface area contributed by atoms with Gasteiger partial charge in [0.2, 0.25) is 0 Å². The van der Waals surface area contributed by atoms with Gasteiger partial charge in [0, 0.05) is 12.1 Å². The third-order valence-electron chi connectivity index (χ3n) is 5.16. The Labute approximate surface area is 113 Å². The maximum Gasteiger partial charge on any atom is 0.0141 e. The van der Waals surface area contributed by atoms with Crippen molar-refractivity contribution in [3.63, 3.8) is 0 Å². The first-order valence-corrected chi connectivity index (χ1v) is 8.25. The van der Waals surface area contributed by atoms with Gasteiger partial charge < -0.3 is 5.73 Å². The molecule has 0 aromatic rings. The average Bonchev–Trinajstić information content (AvgIpc) is 3.23. The standard InChI is InChI=1S/C16H32N2/c1-3-5-10-18(15-8-9-15)16-11-13(4-2)6-7-14(16)12-17/h13-16H,3-12,17H2,1-2H3. The molecule has 0 bridgehead atoms. The van der Waals surface area contributed by atoms with Gasteiger partial charge in [-0.15, -0.1) is 0 Å². The van der Waals surface area contributed by atoms with Crippen molar-refractivity contribution in [1.82, 2.24) is 4.90 Å². The maximum atomic E-state index is 6.04. The Hall–Kier alpha value is -0.0800. The van der Waals surface area contributed by atoms with Crippen LogP contribution in [0.3, 0.4) is 0 Å². The van der Waals surface area contributed by atoms with Crippen LogP contribution >= 0.6 is 0 Å².